The van der Waals surface area contributed by atoms with Crippen molar-refractivity contribution in [3.05, 3.63) is 187 Å². The van der Waals surface area contributed by atoms with Crippen molar-refractivity contribution in [3.8, 4) is 33.4 Å². The normalized spacial score (nSPS) is 13.4. The first-order valence-corrected chi connectivity index (χ1v) is 22.0. The summed E-state index contributed by atoms with van der Waals surface area (Å²) >= 11 is 1.93. The van der Waals surface area contributed by atoms with E-state index >= 15 is 0 Å². The second-order valence-electron chi connectivity index (χ2n) is 18.6. The van der Waals surface area contributed by atoms with Gasteiger partial charge in [0.05, 0.1) is 5.69 Å². The molecule has 0 atom stereocenters. The van der Waals surface area contributed by atoms with E-state index in [1.807, 2.05) is 11.3 Å². The van der Waals surface area contributed by atoms with Gasteiger partial charge in [0, 0.05) is 54.0 Å². The van der Waals surface area contributed by atoms with Crippen molar-refractivity contribution >= 4 is 77.7 Å². The van der Waals surface area contributed by atoms with E-state index < -0.39 is 0 Å². The van der Waals surface area contributed by atoms with E-state index in [1.54, 1.807) is 0 Å². The molecule has 2 aliphatic heterocycles. The Morgan fingerprint density at radius 1 is 0.417 bits per heavy atom. The van der Waals surface area contributed by atoms with Crippen molar-refractivity contribution in [2.75, 3.05) is 9.71 Å². The Balaban J connectivity index is 1.31. The van der Waals surface area contributed by atoms with E-state index in [1.165, 1.54) is 104 Å². The van der Waals surface area contributed by atoms with Gasteiger partial charge in [-0.1, -0.05) is 163 Å². The van der Waals surface area contributed by atoms with Crippen LogP contribution in [0.4, 0.5) is 28.4 Å². The van der Waals surface area contributed by atoms with E-state index in [0.717, 1.165) is 0 Å². The van der Waals surface area contributed by atoms with Gasteiger partial charge in [-0.2, -0.15) is 0 Å². The van der Waals surface area contributed by atoms with Crippen molar-refractivity contribution in [1.82, 2.24) is 0 Å². The van der Waals surface area contributed by atoms with Crippen LogP contribution in [0.15, 0.2) is 176 Å². The first-order valence-electron chi connectivity index (χ1n) is 21.2. The van der Waals surface area contributed by atoms with Gasteiger partial charge in [-0.05, 0) is 110 Å². The zero-order valence-corrected chi connectivity index (χ0v) is 35.9. The summed E-state index contributed by atoms with van der Waals surface area (Å²) in [4.78, 5) is 5.27. The minimum absolute atomic E-state index is 0.0291. The predicted octanol–water partition coefficient (Wildman–Crippen LogP) is 14.7. The lowest BCUT2D eigenvalue weighted by Gasteiger charge is -2.46. The van der Waals surface area contributed by atoms with E-state index in [2.05, 4.69) is 227 Å². The highest BCUT2D eigenvalue weighted by molar-refractivity contribution is 7.27. The van der Waals surface area contributed by atoms with E-state index in [4.69, 9.17) is 0 Å². The fourth-order valence-corrected chi connectivity index (χ4v) is 11.0. The SMILES string of the molecule is CC(C)(C)c1ccc(N2B3c4c(cc(-c5ccccc5)cc4N(c4ccccc4-c4ccccc4)c4ccc5c(sc6ccccc65)c43)-c3cc(C(C)(C)C)ccc32)cc1. The smallest absolute Gasteiger partial charge is 0.334 e. The highest BCUT2D eigenvalue weighted by atomic mass is 32.1. The molecule has 0 aliphatic carbocycles. The van der Waals surface area contributed by atoms with Crippen LogP contribution in [-0.2, 0) is 10.8 Å². The number of benzene rings is 8. The number of fused-ring (bicyclic) bond motifs is 8. The quantitative estimate of drug-likeness (QED) is 0.164. The summed E-state index contributed by atoms with van der Waals surface area (Å²) in [6.45, 7) is 13.8. The summed E-state index contributed by atoms with van der Waals surface area (Å²) in [5, 5.41) is 2.63. The topological polar surface area (TPSA) is 6.48 Å². The maximum Gasteiger partial charge on any atom is 0.334 e. The third kappa shape index (κ3) is 5.76. The highest BCUT2D eigenvalue weighted by Gasteiger charge is 2.47. The van der Waals surface area contributed by atoms with Crippen molar-refractivity contribution < 1.29 is 0 Å². The van der Waals surface area contributed by atoms with Crippen LogP contribution in [0.25, 0.3) is 53.6 Å². The number of nitrogens with zero attached hydrogens (tertiary/aromatic N) is 2. The molecule has 3 heterocycles. The molecule has 0 unspecified atom stereocenters. The molecule has 0 radical (unpaired) electrons. The van der Waals surface area contributed by atoms with Gasteiger partial charge in [0.2, 0.25) is 0 Å². The Morgan fingerprint density at radius 3 is 1.78 bits per heavy atom. The maximum absolute atomic E-state index is 2.67. The molecule has 0 fully saturated rings. The third-order valence-corrected chi connectivity index (χ3v) is 14.0. The largest absolute Gasteiger partial charge is 0.376 e. The third-order valence-electron chi connectivity index (χ3n) is 12.8. The van der Waals surface area contributed by atoms with Gasteiger partial charge in [0.25, 0.3) is 0 Å². The van der Waals surface area contributed by atoms with E-state index in [0.29, 0.717) is 0 Å². The predicted molar refractivity (Wildman–Crippen MR) is 261 cm³/mol. The van der Waals surface area contributed by atoms with Crippen LogP contribution < -0.4 is 20.6 Å². The number of hydrogen-bond acceptors (Lipinski definition) is 3. The van der Waals surface area contributed by atoms with Gasteiger partial charge in [0.15, 0.2) is 0 Å². The van der Waals surface area contributed by atoms with Crippen LogP contribution in [0.2, 0.25) is 0 Å². The lowest BCUT2D eigenvalue weighted by molar-refractivity contribution is 0.590. The van der Waals surface area contributed by atoms with E-state index in [-0.39, 0.29) is 17.7 Å². The first-order chi connectivity index (χ1) is 29.0. The molecule has 2 nitrogen and oxygen atoms in total. The molecule has 0 saturated carbocycles. The molecule has 0 bridgehead atoms. The number of hydrogen-bond donors (Lipinski definition) is 0. The van der Waals surface area contributed by atoms with Crippen LogP contribution >= 0.6 is 11.3 Å². The average molecular weight is 791 g/mol. The lowest BCUT2D eigenvalue weighted by Crippen LogP contribution is -2.61. The van der Waals surface area contributed by atoms with Crippen LogP contribution in [-0.4, -0.2) is 6.85 Å². The zero-order chi connectivity index (χ0) is 40.9. The summed E-state index contributed by atoms with van der Waals surface area (Å²) in [5.74, 6) is 0. The number of thiophene rings is 1. The Morgan fingerprint density at radius 2 is 1.05 bits per heavy atom. The fourth-order valence-electron chi connectivity index (χ4n) is 9.69. The molecule has 4 heteroatoms. The summed E-state index contributed by atoms with van der Waals surface area (Å²) < 4.78 is 2.66. The number of anilines is 5. The molecule has 0 saturated heterocycles. The van der Waals surface area contributed by atoms with Crippen molar-refractivity contribution in [2.24, 2.45) is 0 Å². The van der Waals surface area contributed by atoms with Crippen LogP contribution in [0.5, 0.6) is 0 Å². The molecule has 9 aromatic rings. The first kappa shape index (κ1) is 36.7. The molecular formula is C56H47BN2S. The Hall–Kier alpha value is -6.36. The minimum Gasteiger partial charge on any atom is -0.376 e. The minimum atomic E-state index is -0.0970. The molecular weight excluding hydrogens is 744 g/mol. The standard InChI is InChI=1S/C56H47BN2S/c1-55(2,3)39-25-28-41(29-26-39)59-48-31-27-40(56(4,5)6)35-45(48)46-33-38(36-17-9-7-10-18-36)34-50-52(46)57(59)53-49(32-30-44-43-22-14-16-24-51(43)60-54(44)53)58(50)47-23-15-13-21-42(47)37-19-11-8-12-20-37/h7-35H,1-6H3. The zero-order valence-electron chi connectivity index (χ0n) is 35.1. The molecule has 0 amide bonds. The van der Waals surface area contributed by atoms with Crippen LogP contribution in [0, 0.1) is 0 Å². The number of para-hydroxylation sites is 1. The second kappa shape index (κ2) is 13.6. The lowest BCUT2D eigenvalue weighted by atomic mass is 9.43. The van der Waals surface area contributed by atoms with Crippen molar-refractivity contribution in [3.63, 3.8) is 0 Å². The molecule has 11 rings (SSSR count). The second-order valence-corrected chi connectivity index (χ2v) is 19.6. The van der Waals surface area contributed by atoms with Gasteiger partial charge in [-0.15, -0.1) is 11.3 Å². The molecule has 0 N–H and O–H groups in total. The highest BCUT2D eigenvalue weighted by Crippen LogP contribution is 2.51. The van der Waals surface area contributed by atoms with Crippen LogP contribution in [0.1, 0.15) is 52.7 Å². The number of rotatable bonds is 4. The van der Waals surface area contributed by atoms with Gasteiger partial charge >= 0.3 is 6.85 Å². The molecule has 290 valence electrons. The molecule has 60 heavy (non-hydrogen) atoms. The van der Waals surface area contributed by atoms with Gasteiger partial charge in [-0.3, -0.25) is 0 Å². The Bertz CT molecular complexity index is 3110. The van der Waals surface area contributed by atoms with Crippen LogP contribution in [0.3, 0.4) is 0 Å². The molecule has 2 aliphatic rings. The average Bonchev–Trinajstić information content (AvgIpc) is 3.65. The Kier molecular flexibility index (Phi) is 8.31. The van der Waals surface area contributed by atoms with E-state index in [9.17, 15) is 0 Å². The summed E-state index contributed by atoms with van der Waals surface area (Å²) in [5.41, 5.74) is 18.8. The van der Waals surface area contributed by atoms with Gasteiger partial charge in [0.1, 0.15) is 0 Å². The van der Waals surface area contributed by atoms with Gasteiger partial charge < -0.3 is 9.71 Å². The van der Waals surface area contributed by atoms with Crippen molar-refractivity contribution in [2.45, 2.75) is 52.4 Å². The molecule has 1 aromatic heterocycles. The molecule has 8 aromatic carbocycles. The van der Waals surface area contributed by atoms with Crippen molar-refractivity contribution in [1.29, 1.82) is 0 Å². The summed E-state index contributed by atoms with van der Waals surface area (Å²) in [7, 11) is 0. The monoisotopic (exact) mass is 790 g/mol. The maximum atomic E-state index is 2.67. The summed E-state index contributed by atoms with van der Waals surface area (Å²) in [6, 6.07) is 66.2. The fraction of sp³-hybridized carbons (Fsp3) is 0.143. The van der Waals surface area contributed by atoms with Gasteiger partial charge in [-0.25, -0.2) is 0 Å². The Labute approximate surface area is 358 Å². The summed E-state index contributed by atoms with van der Waals surface area (Å²) in [6.07, 6.45) is 0. The molecule has 0 spiro atoms.